The van der Waals surface area contributed by atoms with Crippen LogP contribution in [0.3, 0.4) is 0 Å². The number of nitriles is 1. The summed E-state index contributed by atoms with van der Waals surface area (Å²) in [5.41, 5.74) is -0.133. The van der Waals surface area contributed by atoms with Crippen molar-refractivity contribution in [3.05, 3.63) is 23.0 Å². The minimum atomic E-state index is -1.25. The molecule has 0 saturated carbocycles. The molecule has 1 unspecified atom stereocenters. The molecule has 0 aromatic heterocycles. The Kier molecular flexibility index (Phi) is 5.90. The second kappa shape index (κ2) is 7.21. The topological polar surface area (TPSA) is 67.2 Å². The van der Waals surface area contributed by atoms with E-state index in [0.29, 0.717) is 23.3 Å². The summed E-state index contributed by atoms with van der Waals surface area (Å²) in [6, 6.07) is 1.99. The molecule has 4 nitrogen and oxygen atoms in total. The molecule has 0 aromatic carbocycles. The van der Waals surface area contributed by atoms with Gasteiger partial charge in [0.05, 0.1) is 6.07 Å². The summed E-state index contributed by atoms with van der Waals surface area (Å²) in [6.45, 7) is 7.05. The van der Waals surface area contributed by atoms with Gasteiger partial charge in [0.1, 0.15) is 11.2 Å². The molecule has 1 rings (SSSR count). The quantitative estimate of drug-likeness (QED) is 0.550. The summed E-state index contributed by atoms with van der Waals surface area (Å²) in [7, 11) is 0. The van der Waals surface area contributed by atoms with Crippen LogP contribution in [-0.4, -0.2) is 11.8 Å². The molecular formula is C17H23NO3. The van der Waals surface area contributed by atoms with Crippen molar-refractivity contribution in [2.75, 3.05) is 0 Å². The molecule has 0 amide bonds. The predicted molar refractivity (Wildman–Crippen MR) is 80.0 cm³/mol. The average Bonchev–Trinajstić information content (AvgIpc) is 2.47. The summed E-state index contributed by atoms with van der Waals surface area (Å²) in [6.07, 6.45) is 5.85. The number of rotatable bonds is 6. The molecule has 0 spiro atoms. The molecule has 0 heterocycles. The number of carbonyl (C=O) groups is 2. The van der Waals surface area contributed by atoms with Gasteiger partial charge in [0, 0.05) is 12.0 Å². The fourth-order valence-electron chi connectivity index (χ4n) is 2.24. The maximum absolute atomic E-state index is 12.1. The van der Waals surface area contributed by atoms with E-state index in [4.69, 9.17) is 4.74 Å². The highest BCUT2D eigenvalue weighted by molar-refractivity contribution is 6.05. The lowest BCUT2D eigenvalue weighted by Gasteiger charge is -2.25. The fourth-order valence-corrected chi connectivity index (χ4v) is 2.24. The van der Waals surface area contributed by atoms with Crippen molar-refractivity contribution in [1.82, 2.24) is 0 Å². The van der Waals surface area contributed by atoms with Gasteiger partial charge in [-0.3, -0.25) is 9.59 Å². The second-order valence-corrected chi connectivity index (χ2v) is 5.69. The van der Waals surface area contributed by atoms with Gasteiger partial charge in [0.15, 0.2) is 5.78 Å². The number of carbonyl (C=O) groups excluding carboxylic acids is 2. The number of unbranched alkanes of at least 4 members (excludes halogenated alkanes) is 3. The highest BCUT2D eigenvalue weighted by Crippen LogP contribution is 2.34. The van der Waals surface area contributed by atoms with Gasteiger partial charge in [0.2, 0.25) is 0 Å². The van der Waals surface area contributed by atoms with E-state index in [-0.39, 0.29) is 11.8 Å². The summed E-state index contributed by atoms with van der Waals surface area (Å²) >= 11 is 0. The van der Waals surface area contributed by atoms with Crippen LogP contribution in [0.15, 0.2) is 23.0 Å². The lowest BCUT2D eigenvalue weighted by molar-refractivity contribution is -0.139. The Morgan fingerprint density at radius 1 is 1.29 bits per heavy atom. The number of hydrogen-bond donors (Lipinski definition) is 0. The van der Waals surface area contributed by atoms with Crippen LogP contribution < -0.4 is 0 Å². The van der Waals surface area contributed by atoms with Crippen molar-refractivity contribution in [1.29, 1.82) is 5.26 Å². The average molecular weight is 289 g/mol. The smallest absolute Gasteiger partial charge is 0.311 e. The zero-order valence-electron chi connectivity index (χ0n) is 13.3. The Hall–Kier alpha value is -1.89. The number of ether oxygens (including phenoxy) is 1. The summed E-state index contributed by atoms with van der Waals surface area (Å²) < 4.78 is 5.36. The molecule has 114 valence electrons. The molecule has 0 fully saturated rings. The van der Waals surface area contributed by atoms with Crippen LogP contribution in [0, 0.1) is 16.7 Å². The predicted octanol–water partition coefficient (Wildman–Crippen LogP) is 3.83. The molecule has 21 heavy (non-hydrogen) atoms. The second-order valence-electron chi connectivity index (χ2n) is 5.69. The molecule has 0 radical (unpaired) electrons. The van der Waals surface area contributed by atoms with Gasteiger partial charge in [0.25, 0.3) is 0 Å². The van der Waals surface area contributed by atoms with Crippen molar-refractivity contribution in [2.45, 2.75) is 59.8 Å². The number of allylic oxidation sites excluding steroid dienone is 3. The van der Waals surface area contributed by atoms with E-state index < -0.39 is 5.41 Å². The van der Waals surface area contributed by atoms with Crippen molar-refractivity contribution >= 4 is 11.8 Å². The van der Waals surface area contributed by atoms with Gasteiger partial charge in [-0.25, -0.2) is 0 Å². The van der Waals surface area contributed by atoms with Gasteiger partial charge in [-0.1, -0.05) is 26.2 Å². The lowest BCUT2D eigenvalue weighted by Crippen LogP contribution is -2.30. The van der Waals surface area contributed by atoms with E-state index in [9.17, 15) is 14.9 Å². The lowest BCUT2D eigenvalue weighted by atomic mass is 9.77. The minimum absolute atomic E-state index is 0.231. The van der Waals surface area contributed by atoms with E-state index in [1.165, 1.54) is 6.08 Å². The highest BCUT2D eigenvalue weighted by atomic mass is 16.5. The van der Waals surface area contributed by atoms with Crippen molar-refractivity contribution in [2.24, 2.45) is 5.41 Å². The Labute approximate surface area is 126 Å². The molecule has 0 aliphatic heterocycles. The number of Topliss-reactive ketones (excluding diaryl/α,β-unsaturated/α-hetero) is 1. The summed E-state index contributed by atoms with van der Waals surface area (Å²) in [4.78, 5) is 24.0. The summed E-state index contributed by atoms with van der Waals surface area (Å²) in [5.74, 6) is -0.193. The number of hydrogen-bond acceptors (Lipinski definition) is 4. The number of esters is 1. The zero-order chi connectivity index (χ0) is 16.0. The van der Waals surface area contributed by atoms with Crippen molar-refractivity contribution < 1.29 is 14.3 Å². The first kappa shape index (κ1) is 17.2. The molecular weight excluding hydrogens is 266 g/mol. The van der Waals surface area contributed by atoms with Crippen molar-refractivity contribution in [3.63, 3.8) is 0 Å². The van der Waals surface area contributed by atoms with Crippen LogP contribution in [-0.2, 0) is 14.3 Å². The highest BCUT2D eigenvalue weighted by Gasteiger charge is 2.38. The van der Waals surface area contributed by atoms with Crippen LogP contribution in [0.2, 0.25) is 0 Å². The van der Waals surface area contributed by atoms with Crippen LogP contribution in [0.4, 0.5) is 0 Å². The van der Waals surface area contributed by atoms with E-state index >= 15 is 0 Å². The summed E-state index contributed by atoms with van der Waals surface area (Å²) in [5, 5.41) is 9.20. The SMILES string of the molecule is CCCCCCC(=O)OC1=CC(C)(C#N)C(=O)C(C)=C1C. The number of ketones is 1. The Morgan fingerprint density at radius 3 is 2.52 bits per heavy atom. The van der Waals surface area contributed by atoms with E-state index in [1.807, 2.05) is 6.07 Å². The molecule has 1 aliphatic carbocycles. The molecule has 0 bridgehead atoms. The maximum atomic E-state index is 12.1. The molecule has 1 atom stereocenters. The number of nitrogens with zero attached hydrogens (tertiary/aromatic N) is 1. The minimum Gasteiger partial charge on any atom is -0.427 e. The molecule has 0 aromatic rings. The van der Waals surface area contributed by atoms with E-state index in [0.717, 1.165) is 25.7 Å². The van der Waals surface area contributed by atoms with Gasteiger partial charge >= 0.3 is 5.97 Å². The maximum Gasteiger partial charge on any atom is 0.311 e. The van der Waals surface area contributed by atoms with E-state index in [1.54, 1.807) is 20.8 Å². The third-order valence-electron chi connectivity index (χ3n) is 3.85. The first-order valence-corrected chi connectivity index (χ1v) is 7.43. The fraction of sp³-hybridized carbons (Fsp3) is 0.588. The molecule has 4 heteroatoms. The largest absolute Gasteiger partial charge is 0.427 e. The van der Waals surface area contributed by atoms with Gasteiger partial charge in [-0.2, -0.15) is 5.26 Å². The van der Waals surface area contributed by atoms with Crippen LogP contribution >= 0.6 is 0 Å². The first-order chi connectivity index (χ1) is 9.85. The van der Waals surface area contributed by atoms with Gasteiger partial charge < -0.3 is 4.74 Å². The third-order valence-corrected chi connectivity index (χ3v) is 3.85. The Balaban J connectivity index is 2.78. The Morgan fingerprint density at radius 2 is 1.95 bits per heavy atom. The van der Waals surface area contributed by atoms with Crippen LogP contribution in [0.1, 0.15) is 59.8 Å². The first-order valence-electron chi connectivity index (χ1n) is 7.43. The third kappa shape index (κ3) is 4.04. The van der Waals surface area contributed by atoms with Gasteiger partial charge in [-0.05, 0) is 38.8 Å². The zero-order valence-corrected chi connectivity index (χ0v) is 13.3. The van der Waals surface area contributed by atoms with Crippen LogP contribution in [0.25, 0.3) is 0 Å². The molecule has 0 N–H and O–H groups in total. The molecule has 0 saturated heterocycles. The van der Waals surface area contributed by atoms with Crippen LogP contribution in [0.5, 0.6) is 0 Å². The van der Waals surface area contributed by atoms with Crippen molar-refractivity contribution in [3.8, 4) is 6.07 Å². The standard InChI is InChI=1S/C17H23NO3/c1-5-6-7-8-9-15(19)21-14-10-17(4,11-18)16(20)13(3)12(14)2/h10H,5-9H2,1-4H3. The molecule has 1 aliphatic rings. The Bertz CT molecular complexity index is 537. The normalized spacial score (nSPS) is 21.9. The van der Waals surface area contributed by atoms with Gasteiger partial charge in [-0.15, -0.1) is 0 Å². The monoisotopic (exact) mass is 289 g/mol. The van der Waals surface area contributed by atoms with E-state index in [2.05, 4.69) is 6.92 Å².